The average Bonchev–Trinajstić information content (AvgIpc) is 3.86. The van der Waals surface area contributed by atoms with Gasteiger partial charge >= 0.3 is 0 Å². The van der Waals surface area contributed by atoms with E-state index in [0.29, 0.717) is 0 Å². The maximum Gasteiger partial charge on any atom is 0.252 e. The van der Waals surface area contributed by atoms with Crippen molar-refractivity contribution < 1.29 is 0 Å². The molecule has 5 heteroatoms. The summed E-state index contributed by atoms with van der Waals surface area (Å²) in [6, 6.07) is 52.1. The van der Waals surface area contributed by atoms with Gasteiger partial charge in [0.05, 0.1) is 22.9 Å². The summed E-state index contributed by atoms with van der Waals surface area (Å²) in [4.78, 5) is 7.96. The SMILES string of the molecule is Cc1cc2c3c(c1)N(c1ccc(C(C)(C)C)cc1-c1ccccc1)c1cc4c(cc1B3c1ccc(N3c5ccc(C#N)cc5C5(C)CCCC35C)cc1N2c1ccc(C(C)(C)C)cc1C)CC(C)(C)C4. The Bertz CT molecular complexity index is 3400. The van der Waals surface area contributed by atoms with E-state index in [-0.39, 0.29) is 33.9 Å². The van der Waals surface area contributed by atoms with Crippen LogP contribution in [0.15, 0.2) is 127 Å². The van der Waals surface area contributed by atoms with E-state index in [1.54, 1.807) is 0 Å². The first-order valence-electron chi connectivity index (χ1n) is 25.9. The molecule has 2 atom stereocenters. The lowest BCUT2D eigenvalue weighted by Gasteiger charge is -2.46. The molecular formula is C65H67BN4. The third kappa shape index (κ3) is 6.47. The molecule has 12 rings (SSSR count). The van der Waals surface area contributed by atoms with Crippen molar-refractivity contribution in [2.24, 2.45) is 5.41 Å². The van der Waals surface area contributed by atoms with Crippen molar-refractivity contribution in [3.8, 4) is 17.2 Å². The average molecular weight is 915 g/mol. The van der Waals surface area contributed by atoms with Crippen LogP contribution in [-0.2, 0) is 29.1 Å². The van der Waals surface area contributed by atoms with E-state index in [1.165, 1.54) is 112 Å². The van der Waals surface area contributed by atoms with Gasteiger partial charge in [-0.1, -0.05) is 129 Å². The van der Waals surface area contributed by atoms with Crippen molar-refractivity contribution in [1.82, 2.24) is 0 Å². The van der Waals surface area contributed by atoms with Crippen LogP contribution in [0.2, 0.25) is 0 Å². The molecule has 0 radical (unpaired) electrons. The lowest BCUT2D eigenvalue weighted by molar-refractivity contribution is 0.330. The van der Waals surface area contributed by atoms with E-state index in [0.717, 1.165) is 37.7 Å². The van der Waals surface area contributed by atoms with Gasteiger partial charge in [-0.2, -0.15) is 5.26 Å². The Balaban J connectivity index is 1.16. The molecule has 3 heterocycles. The zero-order valence-electron chi connectivity index (χ0n) is 43.5. The van der Waals surface area contributed by atoms with Gasteiger partial charge < -0.3 is 14.7 Å². The highest BCUT2D eigenvalue weighted by Gasteiger charge is 2.59. The normalized spacial score (nSPS) is 20.4. The highest BCUT2D eigenvalue weighted by Crippen LogP contribution is 2.63. The molecule has 0 spiro atoms. The van der Waals surface area contributed by atoms with E-state index in [9.17, 15) is 5.26 Å². The van der Waals surface area contributed by atoms with Crippen molar-refractivity contribution in [2.45, 2.75) is 137 Å². The fraction of sp³-hybridized carbons (Fsp3) is 0.338. The summed E-state index contributed by atoms with van der Waals surface area (Å²) in [6.07, 6.45) is 5.50. The minimum absolute atomic E-state index is 0.00530. The molecule has 7 aromatic rings. The van der Waals surface area contributed by atoms with Crippen molar-refractivity contribution in [2.75, 3.05) is 14.7 Å². The smallest absolute Gasteiger partial charge is 0.252 e. The second-order valence-electron chi connectivity index (χ2n) is 25.0. The lowest BCUT2D eigenvalue weighted by Crippen LogP contribution is -2.61. The van der Waals surface area contributed by atoms with E-state index >= 15 is 0 Å². The summed E-state index contributed by atoms with van der Waals surface area (Å²) >= 11 is 0. The summed E-state index contributed by atoms with van der Waals surface area (Å²) in [5, 5.41) is 10.1. The van der Waals surface area contributed by atoms with Gasteiger partial charge in [0.2, 0.25) is 0 Å². The molecule has 2 aliphatic carbocycles. The van der Waals surface area contributed by atoms with Gasteiger partial charge in [0.25, 0.3) is 6.71 Å². The predicted molar refractivity (Wildman–Crippen MR) is 297 cm³/mol. The molecular weight excluding hydrogens is 848 g/mol. The first-order chi connectivity index (χ1) is 33.2. The summed E-state index contributed by atoms with van der Waals surface area (Å²) in [5.74, 6) is 0. The molecule has 0 saturated heterocycles. The number of anilines is 8. The molecule has 5 aliphatic rings. The number of hydrogen-bond acceptors (Lipinski definition) is 4. The number of nitrogens with zero attached hydrogens (tertiary/aromatic N) is 4. The standard InChI is InChI=1S/C65H67BN4/c1-40-29-58-60-59(30-40)69(54-26-21-47(62(6,7)8)35-49(54)43-17-14-13-15-18-43)56-34-45-38-63(9,10)37-44(45)33-52(56)66(60)51-23-22-48(36-57(51)68(58)53-25-20-46(31-41(53)2)61(3,4)5)70-55-24-19-42(39-67)32-50(55)64(11)27-16-28-65(64,70)12/h13-15,17-26,29-36H,16,27-28,37-38H2,1-12H3. The number of benzene rings is 7. The molecule has 70 heavy (non-hydrogen) atoms. The summed E-state index contributed by atoms with van der Waals surface area (Å²) < 4.78 is 0. The predicted octanol–water partition coefficient (Wildman–Crippen LogP) is 15.0. The molecule has 0 N–H and O–H groups in total. The third-order valence-corrected chi connectivity index (χ3v) is 17.6. The monoisotopic (exact) mass is 915 g/mol. The largest absolute Gasteiger partial charge is 0.334 e. The van der Waals surface area contributed by atoms with E-state index < -0.39 is 0 Å². The fourth-order valence-electron chi connectivity index (χ4n) is 13.8. The second kappa shape index (κ2) is 15.0. The summed E-state index contributed by atoms with van der Waals surface area (Å²) in [7, 11) is 0. The van der Waals surface area contributed by atoms with Gasteiger partial charge in [-0.3, -0.25) is 0 Å². The molecule has 3 aliphatic heterocycles. The quantitative estimate of drug-likeness (QED) is 0.165. The van der Waals surface area contributed by atoms with Crippen LogP contribution in [0.5, 0.6) is 0 Å². The van der Waals surface area contributed by atoms with Gasteiger partial charge in [0.15, 0.2) is 0 Å². The van der Waals surface area contributed by atoms with E-state index in [4.69, 9.17) is 0 Å². The van der Waals surface area contributed by atoms with Crippen LogP contribution in [0.1, 0.15) is 133 Å². The highest BCUT2D eigenvalue weighted by atomic mass is 15.3. The van der Waals surface area contributed by atoms with Crippen molar-refractivity contribution >= 4 is 68.6 Å². The Labute approximate surface area is 418 Å². The molecule has 1 saturated carbocycles. The number of nitriles is 1. The number of hydrogen-bond donors (Lipinski definition) is 0. The molecule has 2 unspecified atom stereocenters. The molecule has 4 nitrogen and oxygen atoms in total. The maximum absolute atomic E-state index is 10.1. The maximum atomic E-state index is 10.1. The van der Waals surface area contributed by atoms with Gasteiger partial charge in [0, 0.05) is 50.8 Å². The lowest BCUT2D eigenvalue weighted by atomic mass is 9.33. The van der Waals surface area contributed by atoms with Gasteiger partial charge in [-0.05, 0) is 190 Å². The van der Waals surface area contributed by atoms with Crippen LogP contribution in [0.3, 0.4) is 0 Å². The van der Waals surface area contributed by atoms with Gasteiger partial charge in [-0.15, -0.1) is 0 Å². The van der Waals surface area contributed by atoms with Crippen LogP contribution in [0.25, 0.3) is 11.1 Å². The van der Waals surface area contributed by atoms with Crippen molar-refractivity contribution in [1.29, 1.82) is 5.26 Å². The van der Waals surface area contributed by atoms with Crippen molar-refractivity contribution in [3.05, 3.63) is 172 Å². The highest BCUT2D eigenvalue weighted by molar-refractivity contribution is 7.00. The fourth-order valence-corrected chi connectivity index (χ4v) is 13.8. The summed E-state index contributed by atoms with van der Waals surface area (Å²) in [5.41, 5.74) is 26.6. The topological polar surface area (TPSA) is 33.5 Å². The minimum Gasteiger partial charge on any atom is -0.334 e. The Hall–Kier alpha value is -6.51. The number of aryl methyl sites for hydroxylation is 2. The van der Waals surface area contributed by atoms with Crippen molar-refractivity contribution in [3.63, 3.8) is 0 Å². The van der Waals surface area contributed by atoms with E-state index in [1.807, 2.05) is 6.07 Å². The van der Waals surface area contributed by atoms with Crippen LogP contribution in [0, 0.1) is 30.6 Å². The summed E-state index contributed by atoms with van der Waals surface area (Å²) in [6.45, 7) is 28.4. The van der Waals surface area contributed by atoms with Crippen LogP contribution in [-0.4, -0.2) is 12.3 Å². The third-order valence-electron chi connectivity index (χ3n) is 17.6. The molecule has 7 aromatic carbocycles. The Kier molecular flexibility index (Phi) is 9.58. The van der Waals surface area contributed by atoms with Gasteiger partial charge in [0.1, 0.15) is 0 Å². The number of fused-ring (bicyclic) bond motifs is 8. The zero-order chi connectivity index (χ0) is 49.0. The number of rotatable bonds is 4. The molecule has 1 fully saturated rings. The molecule has 0 amide bonds. The second-order valence-corrected chi connectivity index (χ2v) is 25.0. The molecule has 0 bridgehead atoms. The van der Waals surface area contributed by atoms with Crippen LogP contribution in [0.4, 0.5) is 45.5 Å². The molecule has 350 valence electrons. The minimum atomic E-state index is -0.145. The van der Waals surface area contributed by atoms with Crippen LogP contribution < -0.4 is 31.1 Å². The van der Waals surface area contributed by atoms with Gasteiger partial charge in [-0.25, -0.2) is 0 Å². The first-order valence-corrected chi connectivity index (χ1v) is 25.9. The van der Waals surface area contributed by atoms with E-state index in [2.05, 4.69) is 225 Å². The Morgan fingerprint density at radius 1 is 0.571 bits per heavy atom. The van der Waals surface area contributed by atoms with Crippen LogP contribution >= 0.6 is 0 Å². The molecule has 0 aromatic heterocycles. The zero-order valence-corrected chi connectivity index (χ0v) is 43.5. The first kappa shape index (κ1) is 44.7. The Morgan fingerprint density at radius 2 is 1.20 bits per heavy atom. The Morgan fingerprint density at radius 3 is 1.87 bits per heavy atom.